The molecule has 0 fully saturated rings. The number of amidine groups is 1. The summed E-state index contributed by atoms with van der Waals surface area (Å²) in [5.41, 5.74) is 5.84. The summed E-state index contributed by atoms with van der Waals surface area (Å²) in [5.74, 6) is 0.142. The largest absolute Gasteiger partial charge is 0.409 e. The lowest BCUT2D eigenvalue weighted by molar-refractivity contribution is 0.252. The second kappa shape index (κ2) is 7.39. The van der Waals surface area contributed by atoms with E-state index < -0.39 is 0 Å². The standard InChI is InChI=1S/C11H15ClN4O2/c12-8-4-1-2-5-9(8)15-11(17)14-7-3-6-10(13)16-18/h1-2,4-5,18H,3,6-7H2,(H2,13,16)(H2,14,15,17). The van der Waals surface area contributed by atoms with E-state index in [1.165, 1.54) is 0 Å². The van der Waals surface area contributed by atoms with Crippen molar-refractivity contribution in [3.63, 3.8) is 0 Å². The first kappa shape index (κ1) is 14.1. The highest BCUT2D eigenvalue weighted by Crippen LogP contribution is 2.19. The van der Waals surface area contributed by atoms with Crippen molar-refractivity contribution in [2.45, 2.75) is 12.8 Å². The Bertz CT molecular complexity index is 437. The third-order valence-corrected chi connectivity index (χ3v) is 2.48. The number of hydrogen-bond acceptors (Lipinski definition) is 3. The fraction of sp³-hybridized carbons (Fsp3) is 0.273. The van der Waals surface area contributed by atoms with Crippen molar-refractivity contribution in [3.8, 4) is 0 Å². The number of nitrogens with two attached hydrogens (primary N) is 1. The maximum atomic E-state index is 11.5. The number of carbonyl (C=O) groups is 1. The van der Waals surface area contributed by atoms with Crippen LogP contribution in [-0.2, 0) is 0 Å². The number of hydrogen-bond donors (Lipinski definition) is 4. The number of amides is 2. The van der Waals surface area contributed by atoms with Crippen LogP contribution in [-0.4, -0.2) is 23.6 Å². The predicted octanol–water partition coefficient (Wildman–Crippen LogP) is 1.99. The van der Waals surface area contributed by atoms with Gasteiger partial charge in [0, 0.05) is 13.0 Å². The van der Waals surface area contributed by atoms with E-state index in [2.05, 4.69) is 15.8 Å². The van der Waals surface area contributed by atoms with Gasteiger partial charge in [-0.15, -0.1) is 0 Å². The van der Waals surface area contributed by atoms with Gasteiger partial charge in [0.25, 0.3) is 0 Å². The molecular weight excluding hydrogens is 256 g/mol. The molecule has 1 aromatic rings. The first-order chi connectivity index (χ1) is 8.63. The summed E-state index contributed by atoms with van der Waals surface area (Å²) in [4.78, 5) is 11.5. The van der Waals surface area contributed by atoms with E-state index in [0.717, 1.165) is 0 Å². The Kier molecular flexibility index (Phi) is 5.79. The molecule has 0 aliphatic heterocycles. The second-order valence-corrected chi connectivity index (χ2v) is 3.96. The highest BCUT2D eigenvalue weighted by Gasteiger charge is 2.04. The van der Waals surface area contributed by atoms with Gasteiger partial charge in [-0.2, -0.15) is 0 Å². The van der Waals surface area contributed by atoms with Crippen molar-refractivity contribution in [1.82, 2.24) is 5.32 Å². The van der Waals surface area contributed by atoms with Crippen LogP contribution in [0.5, 0.6) is 0 Å². The van der Waals surface area contributed by atoms with Crippen molar-refractivity contribution >= 4 is 29.2 Å². The lowest BCUT2D eigenvalue weighted by Gasteiger charge is -2.08. The molecule has 0 aromatic heterocycles. The normalized spacial score (nSPS) is 11.1. The molecule has 1 aromatic carbocycles. The fourth-order valence-electron chi connectivity index (χ4n) is 1.25. The minimum absolute atomic E-state index is 0.142. The van der Waals surface area contributed by atoms with Gasteiger partial charge in [0.2, 0.25) is 0 Å². The molecule has 7 heteroatoms. The van der Waals surface area contributed by atoms with Crippen molar-refractivity contribution in [2.24, 2.45) is 10.9 Å². The number of halogens is 1. The van der Waals surface area contributed by atoms with Crippen LogP contribution in [0.25, 0.3) is 0 Å². The molecule has 6 nitrogen and oxygen atoms in total. The van der Waals surface area contributed by atoms with Crippen molar-refractivity contribution in [1.29, 1.82) is 0 Å². The number of nitrogens with one attached hydrogen (secondary N) is 2. The third-order valence-electron chi connectivity index (χ3n) is 2.15. The van der Waals surface area contributed by atoms with Gasteiger partial charge >= 0.3 is 6.03 Å². The van der Waals surface area contributed by atoms with Crippen LogP contribution in [0.3, 0.4) is 0 Å². The molecule has 0 spiro atoms. The lowest BCUT2D eigenvalue weighted by atomic mass is 10.3. The van der Waals surface area contributed by atoms with Crippen LogP contribution >= 0.6 is 11.6 Å². The van der Waals surface area contributed by atoms with E-state index in [0.29, 0.717) is 30.1 Å². The summed E-state index contributed by atoms with van der Waals surface area (Å²) >= 11 is 5.89. The van der Waals surface area contributed by atoms with Gasteiger partial charge in [-0.25, -0.2) is 4.79 Å². The molecule has 0 saturated carbocycles. The Morgan fingerprint density at radius 1 is 1.44 bits per heavy atom. The summed E-state index contributed by atoms with van der Waals surface area (Å²) in [6.07, 6.45) is 1.01. The third kappa shape index (κ3) is 4.92. The summed E-state index contributed by atoms with van der Waals surface area (Å²) < 4.78 is 0. The smallest absolute Gasteiger partial charge is 0.319 e. The predicted molar refractivity (Wildman–Crippen MR) is 71.1 cm³/mol. The van der Waals surface area contributed by atoms with E-state index in [-0.39, 0.29) is 11.9 Å². The fourth-order valence-corrected chi connectivity index (χ4v) is 1.43. The van der Waals surface area contributed by atoms with E-state index in [4.69, 9.17) is 22.5 Å². The van der Waals surface area contributed by atoms with Crippen LogP contribution in [0, 0.1) is 0 Å². The molecule has 0 heterocycles. The molecule has 0 aliphatic rings. The number of urea groups is 1. The molecule has 98 valence electrons. The van der Waals surface area contributed by atoms with Gasteiger partial charge < -0.3 is 21.6 Å². The number of anilines is 1. The number of nitrogens with zero attached hydrogens (tertiary/aromatic N) is 1. The van der Waals surface area contributed by atoms with Crippen molar-refractivity contribution in [2.75, 3.05) is 11.9 Å². The molecule has 18 heavy (non-hydrogen) atoms. The number of oxime groups is 1. The van der Waals surface area contributed by atoms with Crippen LogP contribution in [0.2, 0.25) is 5.02 Å². The van der Waals surface area contributed by atoms with Gasteiger partial charge in [0.15, 0.2) is 0 Å². The maximum Gasteiger partial charge on any atom is 0.319 e. The van der Waals surface area contributed by atoms with E-state index in [1.807, 2.05) is 0 Å². The van der Waals surface area contributed by atoms with E-state index >= 15 is 0 Å². The van der Waals surface area contributed by atoms with Crippen molar-refractivity contribution < 1.29 is 10.0 Å². The molecule has 0 bridgehead atoms. The minimum atomic E-state index is -0.345. The molecule has 1 rings (SSSR count). The molecule has 2 amide bonds. The molecule has 0 radical (unpaired) electrons. The maximum absolute atomic E-state index is 11.5. The number of carbonyl (C=O) groups excluding carboxylic acids is 1. The average molecular weight is 271 g/mol. The Hall–Kier alpha value is -1.95. The van der Waals surface area contributed by atoms with Crippen LogP contribution in [0.15, 0.2) is 29.4 Å². The molecule has 0 saturated heterocycles. The first-order valence-electron chi connectivity index (χ1n) is 5.39. The average Bonchev–Trinajstić information content (AvgIpc) is 2.37. The van der Waals surface area contributed by atoms with Gasteiger partial charge in [0.1, 0.15) is 5.84 Å². The second-order valence-electron chi connectivity index (χ2n) is 3.56. The Morgan fingerprint density at radius 2 is 2.17 bits per heavy atom. The van der Waals surface area contributed by atoms with Gasteiger partial charge in [-0.1, -0.05) is 28.9 Å². The van der Waals surface area contributed by atoms with Crippen molar-refractivity contribution in [3.05, 3.63) is 29.3 Å². The molecular formula is C11H15ClN4O2. The van der Waals surface area contributed by atoms with Crippen LogP contribution < -0.4 is 16.4 Å². The Labute approximate surface area is 110 Å². The number of para-hydroxylation sites is 1. The van der Waals surface area contributed by atoms with E-state index in [9.17, 15) is 4.79 Å². The monoisotopic (exact) mass is 270 g/mol. The lowest BCUT2D eigenvalue weighted by Crippen LogP contribution is -2.30. The zero-order chi connectivity index (χ0) is 13.4. The van der Waals surface area contributed by atoms with E-state index in [1.54, 1.807) is 24.3 Å². The molecule has 0 unspecified atom stereocenters. The first-order valence-corrected chi connectivity index (χ1v) is 5.77. The van der Waals surface area contributed by atoms with Crippen LogP contribution in [0.4, 0.5) is 10.5 Å². The summed E-state index contributed by atoms with van der Waals surface area (Å²) in [6, 6.07) is 6.61. The zero-order valence-electron chi connectivity index (χ0n) is 9.69. The number of rotatable bonds is 5. The SMILES string of the molecule is N/C(CCCNC(=O)Nc1ccccc1Cl)=N/O. The highest BCUT2D eigenvalue weighted by atomic mass is 35.5. The summed E-state index contributed by atoms with van der Waals surface area (Å²) in [5, 5.41) is 16.9. The van der Waals surface area contributed by atoms with Gasteiger partial charge in [0.05, 0.1) is 10.7 Å². The van der Waals surface area contributed by atoms with Gasteiger partial charge in [-0.3, -0.25) is 0 Å². The Morgan fingerprint density at radius 3 is 2.83 bits per heavy atom. The Balaban J connectivity index is 2.28. The quantitative estimate of drug-likeness (QED) is 0.216. The molecule has 0 aliphatic carbocycles. The minimum Gasteiger partial charge on any atom is -0.409 e. The van der Waals surface area contributed by atoms with Gasteiger partial charge in [-0.05, 0) is 18.6 Å². The van der Waals surface area contributed by atoms with Crippen LogP contribution in [0.1, 0.15) is 12.8 Å². The molecule has 0 atom stereocenters. The summed E-state index contributed by atoms with van der Waals surface area (Å²) in [6.45, 7) is 0.423. The topological polar surface area (TPSA) is 99.7 Å². The zero-order valence-corrected chi connectivity index (χ0v) is 10.4. The summed E-state index contributed by atoms with van der Waals surface area (Å²) in [7, 11) is 0. The highest BCUT2D eigenvalue weighted by molar-refractivity contribution is 6.33. The number of benzene rings is 1. The molecule has 5 N–H and O–H groups in total.